The molecule has 4 atom stereocenters. The average molecular weight is 855 g/mol. The fourth-order valence-corrected chi connectivity index (χ4v) is 11.8. The van der Waals surface area contributed by atoms with Crippen molar-refractivity contribution < 1.29 is 33.3 Å². The molecule has 2 aliphatic heterocycles. The number of morpholine rings is 1. The maximum Gasteiger partial charge on any atom is 0.318 e. The lowest BCUT2D eigenvalue weighted by Gasteiger charge is -2.51. The fraction of sp³-hybridized carbons (Fsp3) is 0.612. The monoisotopic (exact) mass is 854 g/mol. The van der Waals surface area contributed by atoms with Crippen molar-refractivity contribution in [2.24, 2.45) is 0 Å². The number of alkyl halides is 1. The number of hydrogen-bond acceptors (Lipinski definition) is 10. The lowest BCUT2D eigenvalue weighted by Crippen LogP contribution is -2.65. The van der Waals surface area contributed by atoms with Crippen LogP contribution in [0.1, 0.15) is 113 Å². The molecule has 2 saturated carbocycles. The van der Waals surface area contributed by atoms with Crippen LogP contribution in [-0.4, -0.2) is 128 Å². The molecule has 0 spiro atoms. The number of rotatable bonds is 12. The molecule has 1 amide bonds. The van der Waals surface area contributed by atoms with E-state index < -0.39 is 28.7 Å². The Bertz CT molecular complexity index is 2190. The van der Waals surface area contributed by atoms with Gasteiger partial charge in [-0.05, 0) is 120 Å². The molecule has 4 fully saturated rings. The van der Waals surface area contributed by atoms with Crippen molar-refractivity contribution in [2.45, 2.75) is 145 Å². The second-order valence-electron chi connectivity index (χ2n) is 19.3. The summed E-state index contributed by atoms with van der Waals surface area (Å²) in [6, 6.07) is 7.24. The molecule has 3 aliphatic carbocycles. The van der Waals surface area contributed by atoms with Crippen LogP contribution in [-0.2, 0) is 22.4 Å². The number of carbonyl (C=O) groups is 1. The highest BCUT2D eigenvalue weighted by molar-refractivity contribution is 5.93. The lowest BCUT2D eigenvalue weighted by atomic mass is 9.78. The first-order valence-corrected chi connectivity index (χ1v) is 22.7. The highest BCUT2D eigenvalue weighted by Gasteiger charge is 2.58. The Labute approximate surface area is 365 Å². The zero-order valence-electron chi connectivity index (χ0n) is 36.9. The Hall–Kier alpha value is -4.35. The molecule has 0 bridgehead atoms. The number of benzene rings is 2. The number of aromatic nitrogens is 2. The Morgan fingerprint density at radius 2 is 1.92 bits per heavy atom. The molecule has 5 aliphatic rings. The summed E-state index contributed by atoms with van der Waals surface area (Å²) in [5.41, 5.74) is -0.267. The summed E-state index contributed by atoms with van der Waals surface area (Å²) < 4.78 is 43.4. The van der Waals surface area contributed by atoms with Gasteiger partial charge in [0.2, 0.25) is 5.91 Å². The minimum absolute atomic E-state index is 0.0263. The summed E-state index contributed by atoms with van der Waals surface area (Å²) in [5.74, 6) is 2.41. The SMILES string of the molecule is C#Cc1c(F)ccc2cc(O)cc([C@@H]3CCc4c(nc(OC[C@]5(C(C)(C)O)C[C@@H](F)CN5C5CCC(N6CCOC[C@@H]6C)CC5)nc4NCC4(N(C)C(=O)C=C)CCCC4)C3)c12. The van der Waals surface area contributed by atoms with Crippen LogP contribution in [0.4, 0.5) is 14.6 Å². The van der Waals surface area contributed by atoms with Crippen LogP contribution in [0.2, 0.25) is 0 Å². The Balaban J connectivity index is 1.12. The van der Waals surface area contributed by atoms with Gasteiger partial charge in [-0.3, -0.25) is 14.6 Å². The van der Waals surface area contributed by atoms with E-state index in [0.29, 0.717) is 54.5 Å². The first-order chi connectivity index (χ1) is 29.7. The predicted molar refractivity (Wildman–Crippen MR) is 237 cm³/mol. The highest BCUT2D eigenvalue weighted by atomic mass is 19.1. The molecule has 0 unspecified atom stereocenters. The zero-order chi connectivity index (χ0) is 44.0. The minimum Gasteiger partial charge on any atom is -0.508 e. The summed E-state index contributed by atoms with van der Waals surface area (Å²) in [7, 11) is 1.83. The normalized spacial score (nSPS) is 28.0. The Morgan fingerprint density at radius 3 is 2.61 bits per heavy atom. The molecule has 1 aromatic heterocycles. The number of likely N-dealkylation sites (N-methyl/N-ethyl adjacent to an activating group) is 1. The predicted octanol–water partition coefficient (Wildman–Crippen LogP) is 7.06. The number of nitrogens with one attached hydrogen (secondary N) is 1. The maximum atomic E-state index is 15.9. The van der Waals surface area contributed by atoms with Gasteiger partial charge in [0.25, 0.3) is 0 Å². The van der Waals surface area contributed by atoms with Crippen LogP contribution in [0.25, 0.3) is 10.8 Å². The number of terminal acetylenes is 1. The number of aromatic hydroxyl groups is 1. The summed E-state index contributed by atoms with van der Waals surface area (Å²) in [6.45, 7) is 12.5. The number of likely N-dealkylation sites (tertiary alicyclic amines) is 1. The van der Waals surface area contributed by atoms with E-state index >= 15 is 8.78 Å². The zero-order valence-corrected chi connectivity index (χ0v) is 36.9. The molecular weight excluding hydrogens is 791 g/mol. The van der Waals surface area contributed by atoms with Crippen LogP contribution in [0, 0.1) is 18.2 Å². The summed E-state index contributed by atoms with van der Waals surface area (Å²) in [5, 5.41) is 27.8. The fourth-order valence-electron chi connectivity index (χ4n) is 11.8. The van der Waals surface area contributed by atoms with Gasteiger partial charge in [-0.2, -0.15) is 9.97 Å². The molecule has 334 valence electrons. The minimum atomic E-state index is -1.33. The van der Waals surface area contributed by atoms with E-state index in [0.717, 1.165) is 87.9 Å². The van der Waals surface area contributed by atoms with E-state index in [1.54, 1.807) is 36.9 Å². The van der Waals surface area contributed by atoms with E-state index in [-0.39, 0.29) is 54.8 Å². The van der Waals surface area contributed by atoms with Crippen molar-refractivity contribution in [3.05, 3.63) is 65.1 Å². The maximum absolute atomic E-state index is 15.9. The molecular formula is C49H64F2N6O5. The smallest absolute Gasteiger partial charge is 0.318 e. The number of halogens is 2. The number of fused-ring (bicyclic) bond motifs is 2. The first kappa shape index (κ1) is 44.3. The van der Waals surface area contributed by atoms with Gasteiger partial charge < -0.3 is 29.9 Å². The second kappa shape index (κ2) is 17.7. The molecule has 3 N–H and O–H groups in total. The first-order valence-electron chi connectivity index (χ1n) is 22.7. The van der Waals surface area contributed by atoms with Crippen molar-refractivity contribution in [3.63, 3.8) is 0 Å². The average Bonchev–Trinajstić information content (AvgIpc) is 3.89. The molecule has 62 heavy (non-hydrogen) atoms. The second-order valence-corrected chi connectivity index (χ2v) is 19.3. The Kier molecular flexibility index (Phi) is 12.6. The van der Waals surface area contributed by atoms with Crippen LogP contribution >= 0.6 is 0 Å². The van der Waals surface area contributed by atoms with E-state index in [1.165, 1.54) is 12.1 Å². The number of anilines is 1. The largest absolute Gasteiger partial charge is 0.508 e. The van der Waals surface area contributed by atoms with Gasteiger partial charge in [0.05, 0.1) is 41.2 Å². The number of hydrogen-bond donors (Lipinski definition) is 3. The Morgan fingerprint density at radius 1 is 1.18 bits per heavy atom. The molecule has 11 nitrogen and oxygen atoms in total. The third-order valence-electron chi connectivity index (χ3n) is 15.3. The number of aliphatic hydroxyl groups is 1. The third-order valence-corrected chi connectivity index (χ3v) is 15.3. The number of amides is 1. The van der Waals surface area contributed by atoms with Gasteiger partial charge in [-0.1, -0.05) is 31.4 Å². The van der Waals surface area contributed by atoms with Crippen LogP contribution in [0.15, 0.2) is 36.9 Å². The van der Waals surface area contributed by atoms with Gasteiger partial charge in [-0.15, -0.1) is 6.42 Å². The van der Waals surface area contributed by atoms with Gasteiger partial charge >= 0.3 is 6.01 Å². The standard InChI is InChI=1S/C49H64F2N6O5/c1-7-38-41(51)18-12-33-23-37(58)25-40(44(33)38)32-11-17-39-42(24-32)53-46(54-45(39)52-29-48(19-9-10-20-48)55(6)43(59)8-2)62-30-49(47(4,5)60)26-34(50)27-57(49)36-15-13-35(14-16-36)56-21-22-61-28-31(56)3/h1,8,12,18,23,25,31-32,34-36,58,60H,2,9-11,13-17,19-22,24,26-30H2,3-6H3,(H,52,53,54)/t31-,32+,34+,35?,36?,49-/m0/s1. The summed E-state index contributed by atoms with van der Waals surface area (Å²) in [4.78, 5) is 29.6. The highest BCUT2D eigenvalue weighted by Crippen LogP contribution is 2.46. The molecule has 2 saturated heterocycles. The van der Waals surface area contributed by atoms with Crippen molar-refractivity contribution >= 4 is 22.5 Å². The number of phenolic OH excluding ortho intramolecular Hbond substituents is 1. The van der Waals surface area contributed by atoms with Crippen molar-refractivity contribution in [3.8, 4) is 24.1 Å². The summed E-state index contributed by atoms with van der Waals surface area (Å²) in [6.07, 6.45) is 15.3. The molecule has 2 aromatic carbocycles. The lowest BCUT2D eigenvalue weighted by molar-refractivity contribution is -0.129. The van der Waals surface area contributed by atoms with E-state index in [9.17, 15) is 15.0 Å². The van der Waals surface area contributed by atoms with Crippen LogP contribution in [0.3, 0.4) is 0 Å². The van der Waals surface area contributed by atoms with Crippen molar-refractivity contribution in [2.75, 3.05) is 51.8 Å². The molecule has 3 aromatic rings. The molecule has 0 radical (unpaired) electrons. The van der Waals surface area contributed by atoms with Gasteiger partial charge in [0, 0.05) is 62.2 Å². The molecule has 3 heterocycles. The number of ether oxygens (including phenoxy) is 2. The summed E-state index contributed by atoms with van der Waals surface area (Å²) >= 11 is 0. The number of nitrogens with zero attached hydrogens (tertiary/aromatic N) is 5. The van der Waals surface area contributed by atoms with Gasteiger partial charge in [0.15, 0.2) is 0 Å². The van der Waals surface area contributed by atoms with E-state index in [1.807, 2.05) is 7.05 Å². The van der Waals surface area contributed by atoms with Gasteiger partial charge in [0.1, 0.15) is 30.2 Å². The quantitative estimate of drug-likeness (QED) is 0.129. The van der Waals surface area contributed by atoms with Crippen LogP contribution < -0.4 is 10.1 Å². The number of carbonyl (C=O) groups excluding carboxylic acids is 1. The van der Waals surface area contributed by atoms with E-state index in [4.69, 9.17) is 25.9 Å². The van der Waals surface area contributed by atoms with Crippen molar-refractivity contribution in [1.29, 1.82) is 0 Å². The van der Waals surface area contributed by atoms with E-state index in [2.05, 4.69) is 34.5 Å². The topological polar surface area (TPSA) is 124 Å². The van der Waals surface area contributed by atoms with Crippen LogP contribution in [0.5, 0.6) is 11.8 Å². The van der Waals surface area contributed by atoms with Gasteiger partial charge in [-0.25, -0.2) is 8.78 Å². The number of phenols is 1. The molecule has 8 rings (SSSR count). The molecule has 13 heteroatoms. The third kappa shape index (κ3) is 8.28. The van der Waals surface area contributed by atoms with Crippen molar-refractivity contribution in [1.82, 2.24) is 24.7 Å².